The van der Waals surface area contributed by atoms with Gasteiger partial charge in [-0.1, -0.05) is 29.0 Å². The number of thiophene rings is 1. The molecular formula is C19H13N3O3S2. The van der Waals surface area contributed by atoms with E-state index in [4.69, 9.17) is 4.42 Å². The highest BCUT2D eigenvalue weighted by molar-refractivity contribution is 7.23. The number of hydrogen-bond donors (Lipinski definition) is 1. The van der Waals surface area contributed by atoms with E-state index in [0.29, 0.717) is 21.7 Å². The molecule has 0 aliphatic heterocycles. The van der Waals surface area contributed by atoms with Gasteiger partial charge in [-0.2, -0.15) is 0 Å². The summed E-state index contributed by atoms with van der Waals surface area (Å²) in [5.41, 5.74) is 1.60. The highest BCUT2D eigenvalue weighted by Crippen LogP contribution is 2.29. The van der Waals surface area contributed by atoms with Crippen LogP contribution in [0.2, 0.25) is 0 Å². The summed E-state index contributed by atoms with van der Waals surface area (Å²) < 4.78 is 5.47. The third-order valence-corrected chi connectivity index (χ3v) is 5.63. The lowest BCUT2D eigenvalue weighted by atomic mass is 10.1. The summed E-state index contributed by atoms with van der Waals surface area (Å²) in [5, 5.41) is 14.3. The van der Waals surface area contributed by atoms with Crippen molar-refractivity contribution >= 4 is 50.8 Å². The molecule has 1 N–H and O–H groups in total. The molecular weight excluding hydrogens is 382 g/mol. The van der Waals surface area contributed by atoms with E-state index in [2.05, 4.69) is 15.5 Å². The number of fused-ring (bicyclic) bond motifs is 1. The Labute approximate surface area is 161 Å². The minimum Gasteiger partial charge on any atom is -0.463 e. The summed E-state index contributed by atoms with van der Waals surface area (Å²) in [7, 11) is 0. The monoisotopic (exact) mass is 395 g/mol. The summed E-state index contributed by atoms with van der Waals surface area (Å²) in [6.07, 6.45) is 4.06. The molecule has 3 aromatic heterocycles. The molecule has 0 spiro atoms. The fraction of sp³-hybridized carbons (Fsp3) is 0.0526. The molecule has 0 unspecified atom stereocenters. The SMILES string of the molecule is Cc1ccc2occ(/C=C/C(=O)Nc3nnc(-c4cccs4)s3)c(=O)c2c1. The van der Waals surface area contributed by atoms with Gasteiger partial charge >= 0.3 is 0 Å². The lowest BCUT2D eigenvalue weighted by Crippen LogP contribution is -2.09. The zero-order valence-corrected chi connectivity index (χ0v) is 15.8. The lowest BCUT2D eigenvalue weighted by Gasteiger charge is -2.00. The molecule has 0 radical (unpaired) electrons. The maximum atomic E-state index is 12.5. The minimum absolute atomic E-state index is 0.181. The second-order valence-electron chi connectivity index (χ2n) is 5.73. The minimum atomic E-state index is -0.396. The van der Waals surface area contributed by atoms with Gasteiger partial charge in [0.25, 0.3) is 0 Å². The molecule has 0 saturated carbocycles. The molecule has 0 saturated heterocycles. The van der Waals surface area contributed by atoms with E-state index >= 15 is 0 Å². The highest BCUT2D eigenvalue weighted by atomic mass is 32.1. The van der Waals surface area contributed by atoms with Crippen molar-refractivity contribution in [3.05, 3.63) is 69.4 Å². The summed E-state index contributed by atoms with van der Waals surface area (Å²) in [6, 6.07) is 9.27. The Balaban J connectivity index is 1.51. The second kappa shape index (κ2) is 7.26. The summed E-state index contributed by atoms with van der Waals surface area (Å²) in [5.74, 6) is -0.396. The summed E-state index contributed by atoms with van der Waals surface area (Å²) >= 11 is 2.84. The van der Waals surface area contributed by atoms with Gasteiger partial charge in [0.2, 0.25) is 11.0 Å². The third kappa shape index (κ3) is 3.71. The van der Waals surface area contributed by atoms with Crippen LogP contribution in [-0.4, -0.2) is 16.1 Å². The fourth-order valence-electron chi connectivity index (χ4n) is 2.46. The van der Waals surface area contributed by atoms with Gasteiger partial charge in [-0.25, -0.2) is 0 Å². The summed E-state index contributed by atoms with van der Waals surface area (Å²) in [4.78, 5) is 25.6. The smallest absolute Gasteiger partial charge is 0.250 e. The van der Waals surface area contributed by atoms with E-state index in [0.717, 1.165) is 15.4 Å². The van der Waals surface area contributed by atoms with Gasteiger partial charge < -0.3 is 4.42 Å². The molecule has 0 bridgehead atoms. The van der Waals surface area contributed by atoms with Gasteiger partial charge in [0.1, 0.15) is 11.8 Å². The first-order valence-corrected chi connectivity index (χ1v) is 9.68. The average Bonchev–Trinajstić information content (AvgIpc) is 3.33. The molecule has 27 heavy (non-hydrogen) atoms. The van der Waals surface area contributed by atoms with Crippen LogP contribution < -0.4 is 10.7 Å². The van der Waals surface area contributed by atoms with Crippen molar-refractivity contribution in [1.29, 1.82) is 0 Å². The topological polar surface area (TPSA) is 85.1 Å². The van der Waals surface area contributed by atoms with Crippen molar-refractivity contribution in [2.24, 2.45) is 0 Å². The van der Waals surface area contributed by atoms with Crippen LogP contribution in [0.25, 0.3) is 26.9 Å². The predicted octanol–water partition coefficient (Wildman–Crippen LogP) is 4.33. The van der Waals surface area contributed by atoms with Crippen LogP contribution in [0.1, 0.15) is 11.1 Å². The van der Waals surface area contributed by atoms with Gasteiger partial charge in [0, 0.05) is 6.08 Å². The number of anilines is 1. The van der Waals surface area contributed by atoms with E-state index in [9.17, 15) is 9.59 Å². The van der Waals surface area contributed by atoms with Crippen molar-refractivity contribution in [3.63, 3.8) is 0 Å². The Morgan fingerprint density at radius 2 is 2.15 bits per heavy atom. The summed E-state index contributed by atoms with van der Waals surface area (Å²) in [6.45, 7) is 1.90. The molecule has 8 heteroatoms. The zero-order chi connectivity index (χ0) is 18.8. The Bertz CT molecular complexity index is 1210. The van der Waals surface area contributed by atoms with Crippen LogP contribution >= 0.6 is 22.7 Å². The number of amides is 1. The number of benzene rings is 1. The van der Waals surface area contributed by atoms with Crippen molar-refractivity contribution in [1.82, 2.24) is 10.2 Å². The number of carbonyl (C=O) groups is 1. The van der Waals surface area contributed by atoms with Gasteiger partial charge in [0.15, 0.2) is 10.4 Å². The van der Waals surface area contributed by atoms with E-state index < -0.39 is 5.91 Å². The third-order valence-electron chi connectivity index (χ3n) is 3.76. The number of carbonyl (C=O) groups excluding carboxylic acids is 1. The largest absolute Gasteiger partial charge is 0.463 e. The standard InChI is InChI=1S/C19H13N3O3S2/c1-11-4-6-14-13(9-11)17(24)12(10-25-14)5-7-16(23)20-19-22-21-18(27-19)15-3-2-8-26-15/h2-10H,1H3,(H,20,22,23)/b7-5+. The van der Waals surface area contributed by atoms with Crippen LogP contribution in [0, 0.1) is 6.92 Å². The molecule has 6 nitrogen and oxygen atoms in total. The van der Waals surface area contributed by atoms with Gasteiger partial charge in [-0.3, -0.25) is 14.9 Å². The van der Waals surface area contributed by atoms with Crippen LogP contribution in [0.5, 0.6) is 0 Å². The first kappa shape index (κ1) is 17.3. The number of nitrogens with zero attached hydrogens (tertiary/aromatic N) is 2. The molecule has 0 atom stereocenters. The molecule has 1 amide bonds. The fourth-order valence-corrected chi connectivity index (χ4v) is 4.00. The number of hydrogen-bond acceptors (Lipinski definition) is 7. The molecule has 134 valence electrons. The van der Waals surface area contributed by atoms with E-state index in [1.54, 1.807) is 23.5 Å². The first-order valence-electron chi connectivity index (χ1n) is 7.99. The van der Waals surface area contributed by atoms with Gasteiger partial charge in [-0.05, 0) is 36.6 Å². The Hall–Kier alpha value is -3.10. The Kier molecular flexibility index (Phi) is 4.66. The van der Waals surface area contributed by atoms with Crippen LogP contribution in [0.4, 0.5) is 5.13 Å². The molecule has 0 aliphatic rings. The molecule has 4 rings (SSSR count). The molecule has 1 aromatic carbocycles. The number of nitrogens with one attached hydrogen (secondary N) is 1. The molecule has 4 aromatic rings. The number of aromatic nitrogens is 2. The van der Waals surface area contributed by atoms with E-state index in [1.807, 2.05) is 30.5 Å². The second-order valence-corrected chi connectivity index (χ2v) is 7.66. The molecule has 0 aliphatic carbocycles. The highest BCUT2D eigenvalue weighted by Gasteiger charge is 2.09. The Morgan fingerprint density at radius 3 is 2.96 bits per heavy atom. The first-order chi connectivity index (χ1) is 13.1. The van der Waals surface area contributed by atoms with Crippen molar-refractivity contribution < 1.29 is 9.21 Å². The lowest BCUT2D eigenvalue weighted by molar-refractivity contribution is -0.111. The van der Waals surface area contributed by atoms with Crippen molar-refractivity contribution in [2.45, 2.75) is 6.92 Å². The van der Waals surface area contributed by atoms with E-state index in [1.165, 1.54) is 29.8 Å². The quantitative estimate of drug-likeness (QED) is 0.520. The number of rotatable bonds is 4. The van der Waals surface area contributed by atoms with Crippen LogP contribution in [0.15, 0.2) is 57.3 Å². The predicted molar refractivity (Wildman–Crippen MR) is 108 cm³/mol. The molecule has 3 heterocycles. The van der Waals surface area contributed by atoms with Crippen molar-refractivity contribution in [3.8, 4) is 9.88 Å². The number of aryl methyl sites for hydroxylation is 1. The van der Waals surface area contributed by atoms with E-state index in [-0.39, 0.29) is 5.43 Å². The van der Waals surface area contributed by atoms with Gasteiger partial charge in [0.05, 0.1) is 15.8 Å². The van der Waals surface area contributed by atoms with Gasteiger partial charge in [-0.15, -0.1) is 21.5 Å². The maximum Gasteiger partial charge on any atom is 0.250 e. The Morgan fingerprint density at radius 1 is 1.26 bits per heavy atom. The van der Waals surface area contributed by atoms with Crippen LogP contribution in [0.3, 0.4) is 0 Å². The van der Waals surface area contributed by atoms with Crippen molar-refractivity contribution in [2.75, 3.05) is 5.32 Å². The zero-order valence-electron chi connectivity index (χ0n) is 14.1. The van der Waals surface area contributed by atoms with Crippen LogP contribution in [-0.2, 0) is 4.79 Å². The molecule has 0 fully saturated rings. The normalized spacial score (nSPS) is 11.3. The maximum absolute atomic E-state index is 12.5. The average molecular weight is 395 g/mol.